The Balaban J connectivity index is 1.30. The van der Waals surface area contributed by atoms with E-state index < -0.39 is 0 Å². The Morgan fingerprint density at radius 3 is 2.20 bits per heavy atom. The second-order valence-corrected chi connectivity index (χ2v) is 9.75. The third kappa shape index (κ3) is 4.68. The molecule has 25 heavy (non-hydrogen) atoms. The molecule has 0 aromatic heterocycles. The van der Waals surface area contributed by atoms with E-state index in [9.17, 15) is 0 Å². The van der Waals surface area contributed by atoms with Gasteiger partial charge in [-0.3, -0.25) is 9.80 Å². The van der Waals surface area contributed by atoms with Crippen LogP contribution in [0.1, 0.15) is 12.8 Å². The number of piperidine rings is 1. The third-order valence-corrected chi connectivity index (χ3v) is 8.37. The van der Waals surface area contributed by atoms with Crippen molar-refractivity contribution in [2.24, 2.45) is 0 Å². The maximum Gasteiger partial charge on any atom is 0.0367 e. The first kappa shape index (κ1) is 18.0. The molecule has 5 heteroatoms. The number of anilines is 1. The number of para-hydroxylation sites is 1. The van der Waals surface area contributed by atoms with Gasteiger partial charge in [-0.1, -0.05) is 18.2 Å². The van der Waals surface area contributed by atoms with Crippen molar-refractivity contribution in [1.29, 1.82) is 0 Å². The molecule has 3 heterocycles. The van der Waals surface area contributed by atoms with Gasteiger partial charge in [-0.2, -0.15) is 23.5 Å². The molecule has 0 unspecified atom stereocenters. The zero-order valence-corrected chi connectivity index (χ0v) is 16.8. The van der Waals surface area contributed by atoms with Crippen molar-refractivity contribution in [2.75, 3.05) is 67.2 Å². The van der Waals surface area contributed by atoms with E-state index in [1.807, 2.05) is 0 Å². The molecule has 0 N–H and O–H groups in total. The summed E-state index contributed by atoms with van der Waals surface area (Å²) in [5.74, 6) is 5.39. The molecule has 1 atom stereocenters. The molecule has 0 bridgehead atoms. The highest BCUT2D eigenvalue weighted by Crippen LogP contribution is 2.26. The predicted molar refractivity (Wildman–Crippen MR) is 113 cm³/mol. The van der Waals surface area contributed by atoms with Crippen LogP contribution < -0.4 is 4.90 Å². The molecule has 0 radical (unpaired) electrons. The largest absolute Gasteiger partial charge is 0.369 e. The lowest BCUT2D eigenvalue weighted by Crippen LogP contribution is -2.57. The van der Waals surface area contributed by atoms with Crippen LogP contribution in [0.15, 0.2) is 30.3 Å². The Morgan fingerprint density at radius 2 is 1.48 bits per heavy atom. The van der Waals surface area contributed by atoms with Crippen LogP contribution in [0, 0.1) is 0 Å². The number of rotatable bonds is 3. The average Bonchev–Trinajstić information content (AvgIpc) is 2.99. The van der Waals surface area contributed by atoms with Crippen LogP contribution in [0.5, 0.6) is 0 Å². The number of benzene rings is 1. The van der Waals surface area contributed by atoms with E-state index in [2.05, 4.69) is 68.6 Å². The number of piperazine rings is 1. The molecule has 3 aliphatic heterocycles. The summed E-state index contributed by atoms with van der Waals surface area (Å²) in [5, 5.41) is 0. The maximum absolute atomic E-state index is 2.82. The predicted octanol–water partition coefficient (Wildman–Crippen LogP) is 3.12. The normalized spacial score (nSPS) is 28.0. The highest BCUT2D eigenvalue weighted by Gasteiger charge is 2.31. The molecule has 3 saturated heterocycles. The SMILES string of the molecule is c1ccc(N2CCN([C@@H]3CCCN(C4CSCCSC4)C3)CC2)cc1. The first-order chi connectivity index (χ1) is 12.4. The molecule has 3 aliphatic rings. The summed E-state index contributed by atoms with van der Waals surface area (Å²) in [4.78, 5) is 8.15. The van der Waals surface area contributed by atoms with E-state index in [1.54, 1.807) is 0 Å². The molecule has 4 rings (SSSR count). The number of thioether (sulfide) groups is 2. The van der Waals surface area contributed by atoms with E-state index in [-0.39, 0.29) is 0 Å². The van der Waals surface area contributed by atoms with Gasteiger partial charge in [0, 0.05) is 73.5 Å². The van der Waals surface area contributed by atoms with Crippen LogP contribution in [-0.2, 0) is 0 Å². The minimum absolute atomic E-state index is 0.782. The highest BCUT2D eigenvalue weighted by molar-refractivity contribution is 8.03. The van der Waals surface area contributed by atoms with Gasteiger partial charge in [0.2, 0.25) is 0 Å². The quantitative estimate of drug-likeness (QED) is 0.798. The van der Waals surface area contributed by atoms with Crippen LogP contribution in [0.4, 0.5) is 5.69 Å². The molecular formula is C20H31N3S2. The van der Waals surface area contributed by atoms with E-state index >= 15 is 0 Å². The Kier molecular flexibility index (Phi) is 6.51. The number of likely N-dealkylation sites (tertiary alicyclic amines) is 1. The minimum Gasteiger partial charge on any atom is -0.369 e. The van der Waals surface area contributed by atoms with Crippen LogP contribution in [0.2, 0.25) is 0 Å². The second kappa shape index (κ2) is 9.03. The van der Waals surface area contributed by atoms with Gasteiger partial charge in [0.1, 0.15) is 0 Å². The fourth-order valence-electron chi connectivity index (χ4n) is 4.41. The molecule has 1 aromatic rings. The molecule has 0 spiro atoms. The van der Waals surface area contributed by atoms with Gasteiger partial charge in [0.15, 0.2) is 0 Å². The summed E-state index contributed by atoms with van der Waals surface area (Å²) in [5.41, 5.74) is 1.39. The average molecular weight is 378 g/mol. The third-order valence-electron chi connectivity index (χ3n) is 5.89. The number of hydrogen-bond donors (Lipinski definition) is 0. The Labute approximate surface area is 161 Å². The zero-order chi connectivity index (χ0) is 16.9. The molecule has 1 aromatic carbocycles. The van der Waals surface area contributed by atoms with Crippen molar-refractivity contribution in [1.82, 2.24) is 9.80 Å². The van der Waals surface area contributed by atoms with Crippen molar-refractivity contribution < 1.29 is 0 Å². The summed E-state index contributed by atoms with van der Waals surface area (Å²) in [7, 11) is 0. The summed E-state index contributed by atoms with van der Waals surface area (Å²) in [6.45, 7) is 7.43. The monoisotopic (exact) mass is 377 g/mol. The molecule has 0 amide bonds. The standard InChI is InChI=1S/C20H31N3S2/c1-2-5-18(6-3-1)21-9-11-22(12-10-21)19-7-4-8-23(15-19)20-16-24-13-14-25-17-20/h1-3,5-6,19-20H,4,7-17H2/t19-/m1/s1. The Hall–Kier alpha value is -0.360. The topological polar surface area (TPSA) is 9.72 Å². The Morgan fingerprint density at radius 1 is 0.760 bits per heavy atom. The van der Waals surface area contributed by atoms with Gasteiger partial charge in [-0.05, 0) is 31.5 Å². The number of nitrogens with zero attached hydrogens (tertiary/aromatic N) is 3. The van der Waals surface area contributed by atoms with Crippen LogP contribution in [0.25, 0.3) is 0 Å². The van der Waals surface area contributed by atoms with Crippen molar-refractivity contribution in [3.8, 4) is 0 Å². The second-order valence-electron chi connectivity index (χ2n) is 7.45. The first-order valence-corrected chi connectivity index (χ1v) is 12.1. The maximum atomic E-state index is 2.82. The van der Waals surface area contributed by atoms with Crippen molar-refractivity contribution >= 4 is 29.2 Å². The lowest BCUT2D eigenvalue weighted by Gasteiger charge is -2.45. The van der Waals surface area contributed by atoms with Crippen molar-refractivity contribution in [3.63, 3.8) is 0 Å². The van der Waals surface area contributed by atoms with Crippen LogP contribution in [0.3, 0.4) is 0 Å². The zero-order valence-electron chi connectivity index (χ0n) is 15.2. The van der Waals surface area contributed by atoms with Crippen molar-refractivity contribution in [3.05, 3.63) is 30.3 Å². The highest BCUT2D eigenvalue weighted by atomic mass is 32.2. The minimum atomic E-state index is 0.782. The van der Waals surface area contributed by atoms with Gasteiger partial charge in [0.25, 0.3) is 0 Å². The molecular weight excluding hydrogens is 346 g/mol. The van der Waals surface area contributed by atoms with E-state index in [1.165, 1.54) is 80.8 Å². The Bertz CT molecular complexity index is 511. The molecule has 138 valence electrons. The fraction of sp³-hybridized carbons (Fsp3) is 0.700. The summed E-state index contributed by atoms with van der Waals surface area (Å²) in [6, 6.07) is 12.5. The molecule has 3 fully saturated rings. The van der Waals surface area contributed by atoms with Gasteiger partial charge >= 0.3 is 0 Å². The lowest BCUT2D eigenvalue weighted by atomic mass is 10.0. The lowest BCUT2D eigenvalue weighted by molar-refractivity contribution is 0.0783. The van der Waals surface area contributed by atoms with E-state index in [4.69, 9.17) is 0 Å². The van der Waals surface area contributed by atoms with Gasteiger partial charge in [-0.25, -0.2) is 0 Å². The van der Waals surface area contributed by atoms with Crippen molar-refractivity contribution in [2.45, 2.75) is 24.9 Å². The molecule has 0 saturated carbocycles. The van der Waals surface area contributed by atoms with Gasteiger partial charge in [0.05, 0.1) is 0 Å². The van der Waals surface area contributed by atoms with Gasteiger partial charge in [-0.15, -0.1) is 0 Å². The van der Waals surface area contributed by atoms with E-state index in [0.29, 0.717) is 0 Å². The fourth-order valence-corrected chi connectivity index (χ4v) is 7.04. The molecule has 0 aliphatic carbocycles. The number of hydrogen-bond acceptors (Lipinski definition) is 5. The molecule has 3 nitrogen and oxygen atoms in total. The van der Waals surface area contributed by atoms with E-state index in [0.717, 1.165) is 12.1 Å². The van der Waals surface area contributed by atoms with Crippen LogP contribution >= 0.6 is 23.5 Å². The summed E-state index contributed by atoms with van der Waals surface area (Å²) in [6.07, 6.45) is 2.78. The van der Waals surface area contributed by atoms with Crippen LogP contribution in [-0.4, -0.2) is 84.2 Å². The summed E-state index contributed by atoms with van der Waals surface area (Å²) < 4.78 is 0. The first-order valence-electron chi connectivity index (χ1n) is 9.84. The smallest absolute Gasteiger partial charge is 0.0367 e. The van der Waals surface area contributed by atoms with Gasteiger partial charge < -0.3 is 4.90 Å². The summed E-state index contributed by atoms with van der Waals surface area (Å²) >= 11 is 4.34.